The minimum absolute atomic E-state index is 0.586. The van der Waals surface area contributed by atoms with E-state index in [-0.39, 0.29) is 0 Å². The van der Waals surface area contributed by atoms with Crippen molar-refractivity contribution in [3.8, 4) is 40.3 Å². The summed E-state index contributed by atoms with van der Waals surface area (Å²) in [5.41, 5.74) is 12.4. The van der Waals surface area contributed by atoms with Crippen molar-refractivity contribution in [1.29, 1.82) is 10.5 Å². The summed E-state index contributed by atoms with van der Waals surface area (Å²) in [5, 5.41) is 27.4. The van der Waals surface area contributed by atoms with Crippen LogP contribution in [0.2, 0.25) is 0 Å². The maximum Gasteiger partial charge on any atom is 0.101 e. The summed E-state index contributed by atoms with van der Waals surface area (Å²) < 4.78 is 6.92. The van der Waals surface area contributed by atoms with Crippen LogP contribution < -0.4 is 0 Å². The van der Waals surface area contributed by atoms with Crippen molar-refractivity contribution in [2.75, 3.05) is 0 Å². The smallest absolute Gasteiger partial charge is 0.101 e. The average Bonchev–Trinajstić information content (AvgIpc) is 3.90. The first-order valence-corrected chi connectivity index (χ1v) is 18.3. The van der Waals surface area contributed by atoms with Crippen LogP contribution >= 0.6 is 0 Å². The Labute approximate surface area is 316 Å². The van der Waals surface area contributed by atoms with Gasteiger partial charge in [0.25, 0.3) is 0 Å². The zero-order valence-electron chi connectivity index (χ0n) is 29.5. The van der Waals surface area contributed by atoms with E-state index in [4.69, 9.17) is 0 Å². The summed E-state index contributed by atoms with van der Waals surface area (Å²) in [6.45, 7) is 0. The van der Waals surface area contributed by atoms with Crippen LogP contribution in [0.4, 0.5) is 0 Å². The van der Waals surface area contributed by atoms with Gasteiger partial charge in [0.1, 0.15) is 6.07 Å². The van der Waals surface area contributed by atoms with Gasteiger partial charge in [-0.2, -0.15) is 10.5 Å². The van der Waals surface area contributed by atoms with Crippen LogP contribution in [-0.4, -0.2) is 13.7 Å². The number of hydrogen-bond acceptors (Lipinski definition) is 2. The highest BCUT2D eigenvalue weighted by Gasteiger charge is 2.21. The molecule has 0 radical (unpaired) electrons. The highest BCUT2D eigenvalue weighted by atomic mass is 15.1. The highest BCUT2D eigenvalue weighted by Crippen LogP contribution is 2.40. The summed E-state index contributed by atoms with van der Waals surface area (Å²) >= 11 is 0. The Morgan fingerprint density at radius 3 is 1.38 bits per heavy atom. The first kappa shape index (κ1) is 30.7. The molecule has 0 aliphatic rings. The Kier molecular flexibility index (Phi) is 6.61. The van der Waals surface area contributed by atoms with Crippen molar-refractivity contribution in [2.45, 2.75) is 0 Å². The normalized spacial score (nSPS) is 11.6. The van der Waals surface area contributed by atoms with E-state index in [1.807, 2.05) is 36.4 Å². The summed E-state index contributed by atoms with van der Waals surface area (Å²) in [5.74, 6) is 0. The topological polar surface area (TPSA) is 62.4 Å². The number of nitriles is 2. The lowest BCUT2D eigenvalue weighted by Crippen LogP contribution is -2.01. The van der Waals surface area contributed by atoms with Crippen molar-refractivity contribution in [3.05, 3.63) is 187 Å². The Bertz CT molecular complexity index is 3400. The third kappa shape index (κ3) is 4.39. The van der Waals surface area contributed by atoms with Crippen LogP contribution in [0.25, 0.3) is 93.6 Å². The second-order valence-corrected chi connectivity index (χ2v) is 14.0. The van der Waals surface area contributed by atoms with Gasteiger partial charge in [-0.15, -0.1) is 0 Å². The van der Waals surface area contributed by atoms with E-state index in [1.54, 1.807) is 0 Å². The summed E-state index contributed by atoms with van der Waals surface area (Å²) in [4.78, 5) is 0. The summed E-state index contributed by atoms with van der Waals surface area (Å²) in [6, 6.07) is 65.9. The molecule has 0 amide bonds. The van der Waals surface area contributed by atoms with Crippen molar-refractivity contribution in [1.82, 2.24) is 13.7 Å². The van der Waals surface area contributed by atoms with Crippen LogP contribution in [0.1, 0.15) is 11.1 Å². The van der Waals surface area contributed by atoms with Crippen molar-refractivity contribution >= 4 is 65.4 Å². The molecule has 3 heterocycles. The van der Waals surface area contributed by atoms with Gasteiger partial charge in [0.05, 0.1) is 56.0 Å². The first-order valence-electron chi connectivity index (χ1n) is 18.3. The predicted octanol–water partition coefficient (Wildman–Crippen LogP) is 12.4. The lowest BCUT2D eigenvalue weighted by Gasteiger charge is -2.15. The molecule has 55 heavy (non-hydrogen) atoms. The van der Waals surface area contributed by atoms with E-state index in [0.29, 0.717) is 11.1 Å². The number of aromatic nitrogens is 3. The zero-order valence-corrected chi connectivity index (χ0v) is 29.5. The van der Waals surface area contributed by atoms with Crippen LogP contribution in [0.5, 0.6) is 0 Å². The number of hydrogen-bond donors (Lipinski definition) is 0. The van der Waals surface area contributed by atoms with Gasteiger partial charge in [-0.1, -0.05) is 109 Å². The third-order valence-electron chi connectivity index (χ3n) is 11.1. The van der Waals surface area contributed by atoms with Crippen LogP contribution in [0.3, 0.4) is 0 Å². The number of para-hydroxylation sites is 6. The zero-order chi connectivity index (χ0) is 36.6. The number of nitrogens with zero attached hydrogens (tertiary/aromatic N) is 5. The summed E-state index contributed by atoms with van der Waals surface area (Å²) in [7, 11) is 0. The van der Waals surface area contributed by atoms with Gasteiger partial charge < -0.3 is 13.7 Å². The molecule has 5 nitrogen and oxygen atoms in total. The van der Waals surface area contributed by atoms with E-state index < -0.39 is 0 Å². The van der Waals surface area contributed by atoms with Gasteiger partial charge in [-0.25, -0.2) is 0 Å². The fourth-order valence-electron chi connectivity index (χ4n) is 8.81. The SMILES string of the molecule is N#Cc1ccc(-n2c3ccccc3c3cccc(C#N)c32)cc1-c1ccc(-n2c3ccccc3c3cccc(-n4c5ccccc5c5ccccc54)c32)cc1. The molecule has 5 heteroatoms. The molecule has 0 N–H and O–H groups in total. The molecular weight excluding hydrogens is 671 g/mol. The fourth-order valence-corrected chi connectivity index (χ4v) is 8.81. The van der Waals surface area contributed by atoms with Crippen molar-refractivity contribution in [3.63, 3.8) is 0 Å². The Hall–Kier alpha value is -7.86. The molecule has 0 spiro atoms. The average molecular weight is 700 g/mol. The monoisotopic (exact) mass is 699 g/mol. The van der Waals surface area contributed by atoms with Crippen LogP contribution in [0.15, 0.2) is 176 Å². The lowest BCUT2D eigenvalue weighted by atomic mass is 9.99. The van der Waals surface area contributed by atoms with Gasteiger partial charge in [-0.05, 0) is 72.3 Å². The molecule has 0 aliphatic heterocycles. The quantitative estimate of drug-likeness (QED) is 0.184. The minimum atomic E-state index is 0.586. The molecule has 3 aromatic heterocycles. The maximum absolute atomic E-state index is 10.3. The maximum atomic E-state index is 10.3. The molecule has 0 atom stereocenters. The standard InChI is InChI=1S/C50H29N5/c51-30-33-25-28-36(54-45-19-6-3-14-39(45)41-16-9-11-34(31-52)49(41)54)29-43(33)32-23-26-35(27-24-32)53-44-18-5-4-15-40(44)42-17-10-22-48(50(42)53)55-46-20-7-1-12-37(46)38-13-2-8-21-47(38)55/h1-29H. The number of rotatable bonds is 4. The molecule has 11 rings (SSSR count). The molecule has 11 aromatic rings. The second-order valence-electron chi connectivity index (χ2n) is 14.0. The van der Waals surface area contributed by atoms with Crippen molar-refractivity contribution < 1.29 is 0 Å². The van der Waals surface area contributed by atoms with Gasteiger partial charge in [0.2, 0.25) is 0 Å². The van der Waals surface area contributed by atoms with E-state index in [2.05, 4.69) is 165 Å². The van der Waals surface area contributed by atoms with Gasteiger partial charge in [0, 0.05) is 49.3 Å². The van der Waals surface area contributed by atoms with Crippen LogP contribution in [-0.2, 0) is 0 Å². The molecule has 8 aromatic carbocycles. The molecule has 0 saturated heterocycles. The molecule has 0 unspecified atom stereocenters. The third-order valence-corrected chi connectivity index (χ3v) is 11.1. The second kappa shape index (κ2) is 11.8. The highest BCUT2D eigenvalue weighted by molar-refractivity contribution is 6.15. The van der Waals surface area contributed by atoms with E-state index in [9.17, 15) is 10.5 Å². The predicted molar refractivity (Wildman–Crippen MR) is 224 cm³/mol. The molecule has 254 valence electrons. The lowest BCUT2D eigenvalue weighted by molar-refractivity contribution is 1.13. The van der Waals surface area contributed by atoms with Gasteiger partial charge in [-0.3, -0.25) is 0 Å². The molecule has 0 fully saturated rings. The molecule has 0 aliphatic carbocycles. The molecule has 0 bridgehead atoms. The Morgan fingerprint density at radius 2 is 0.800 bits per heavy atom. The van der Waals surface area contributed by atoms with Crippen molar-refractivity contribution in [2.24, 2.45) is 0 Å². The number of benzene rings is 8. The molecular formula is C50H29N5. The number of fused-ring (bicyclic) bond motifs is 9. The van der Waals surface area contributed by atoms with E-state index >= 15 is 0 Å². The van der Waals surface area contributed by atoms with Gasteiger partial charge in [0.15, 0.2) is 0 Å². The molecule has 0 saturated carbocycles. The fraction of sp³-hybridized carbons (Fsp3) is 0. The minimum Gasteiger partial charge on any atom is -0.308 e. The van der Waals surface area contributed by atoms with Crippen LogP contribution in [0, 0.1) is 22.7 Å². The largest absolute Gasteiger partial charge is 0.308 e. The summed E-state index contributed by atoms with van der Waals surface area (Å²) in [6.07, 6.45) is 0. The van der Waals surface area contributed by atoms with Gasteiger partial charge >= 0.3 is 0 Å². The first-order chi connectivity index (χ1) is 27.2. The Morgan fingerprint density at radius 1 is 0.345 bits per heavy atom. The van der Waals surface area contributed by atoms with E-state index in [0.717, 1.165) is 72.1 Å². The Balaban J connectivity index is 1.12. The van der Waals surface area contributed by atoms with E-state index in [1.165, 1.54) is 21.5 Å².